The maximum Gasteiger partial charge on any atom is 0.315 e. The number of carbonyl (C=O) groups excluding carboxylic acids is 1. The Balaban J connectivity index is 2.09. The summed E-state index contributed by atoms with van der Waals surface area (Å²) < 4.78 is 0. The van der Waals surface area contributed by atoms with Crippen LogP contribution in [0.5, 0.6) is 0 Å². The SMILES string of the molecule is Cc1ccc2[nH]c(=O)c(CNC(=O)NCC(C)C)cc2c1. The summed E-state index contributed by atoms with van der Waals surface area (Å²) >= 11 is 0. The first-order valence-electron chi connectivity index (χ1n) is 7.10. The molecule has 112 valence electrons. The standard InChI is InChI=1S/C16H21N3O2/c1-10(2)8-17-16(21)18-9-13-7-12-6-11(3)4-5-14(12)19-15(13)20/h4-7,10H,8-9H2,1-3H3,(H,19,20)(H2,17,18,21). The van der Waals surface area contributed by atoms with Crippen molar-refractivity contribution in [2.45, 2.75) is 27.3 Å². The van der Waals surface area contributed by atoms with Gasteiger partial charge in [-0.1, -0.05) is 25.5 Å². The van der Waals surface area contributed by atoms with Crippen LogP contribution in [0.1, 0.15) is 25.0 Å². The molecule has 2 rings (SSSR count). The van der Waals surface area contributed by atoms with Gasteiger partial charge in [0.1, 0.15) is 0 Å². The fourth-order valence-corrected chi connectivity index (χ4v) is 2.04. The molecule has 0 saturated carbocycles. The zero-order valence-corrected chi connectivity index (χ0v) is 12.6. The number of amides is 2. The minimum absolute atomic E-state index is 0.171. The molecule has 0 aliphatic heterocycles. The van der Waals surface area contributed by atoms with E-state index in [1.165, 1.54) is 0 Å². The van der Waals surface area contributed by atoms with Gasteiger partial charge in [0.25, 0.3) is 5.56 Å². The second kappa shape index (κ2) is 6.43. The molecule has 0 bridgehead atoms. The van der Waals surface area contributed by atoms with Crippen molar-refractivity contribution in [2.24, 2.45) is 5.92 Å². The van der Waals surface area contributed by atoms with Gasteiger partial charge in [0.05, 0.1) is 0 Å². The molecule has 0 fully saturated rings. The zero-order chi connectivity index (χ0) is 15.4. The lowest BCUT2D eigenvalue weighted by Crippen LogP contribution is -2.38. The number of carbonyl (C=O) groups is 1. The Bertz CT molecular complexity index is 704. The first-order chi connectivity index (χ1) is 9.95. The number of aryl methyl sites for hydroxylation is 1. The fourth-order valence-electron chi connectivity index (χ4n) is 2.04. The predicted octanol–water partition coefficient (Wildman–Crippen LogP) is 2.29. The molecule has 0 spiro atoms. The largest absolute Gasteiger partial charge is 0.338 e. The number of urea groups is 1. The number of H-pyrrole nitrogens is 1. The molecule has 1 heterocycles. The van der Waals surface area contributed by atoms with E-state index in [0.29, 0.717) is 18.0 Å². The minimum Gasteiger partial charge on any atom is -0.338 e. The summed E-state index contributed by atoms with van der Waals surface area (Å²) in [6.07, 6.45) is 0. The van der Waals surface area contributed by atoms with Crippen LogP contribution in [0.25, 0.3) is 10.9 Å². The number of nitrogens with one attached hydrogen (secondary N) is 3. The lowest BCUT2D eigenvalue weighted by molar-refractivity contribution is 0.239. The Morgan fingerprint density at radius 1 is 1.24 bits per heavy atom. The monoisotopic (exact) mass is 287 g/mol. The number of benzene rings is 1. The van der Waals surface area contributed by atoms with Crippen LogP contribution in [-0.4, -0.2) is 17.6 Å². The summed E-state index contributed by atoms with van der Waals surface area (Å²) in [6.45, 7) is 6.87. The van der Waals surface area contributed by atoms with E-state index in [1.54, 1.807) is 0 Å². The quantitative estimate of drug-likeness (QED) is 0.807. The second-order valence-corrected chi connectivity index (χ2v) is 5.67. The van der Waals surface area contributed by atoms with Crippen molar-refractivity contribution >= 4 is 16.9 Å². The van der Waals surface area contributed by atoms with E-state index in [-0.39, 0.29) is 18.1 Å². The third kappa shape index (κ3) is 4.08. The number of aromatic amines is 1. The van der Waals surface area contributed by atoms with Gasteiger partial charge in [-0.25, -0.2) is 4.79 Å². The van der Waals surface area contributed by atoms with Crippen molar-refractivity contribution in [3.63, 3.8) is 0 Å². The van der Waals surface area contributed by atoms with Crippen LogP contribution in [0, 0.1) is 12.8 Å². The molecule has 0 saturated heterocycles. The van der Waals surface area contributed by atoms with Gasteiger partial charge < -0.3 is 15.6 Å². The van der Waals surface area contributed by atoms with E-state index >= 15 is 0 Å². The van der Waals surface area contributed by atoms with Crippen molar-refractivity contribution in [2.75, 3.05) is 6.54 Å². The molecule has 5 heteroatoms. The maximum absolute atomic E-state index is 12.0. The van der Waals surface area contributed by atoms with E-state index in [2.05, 4.69) is 15.6 Å². The highest BCUT2D eigenvalue weighted by atomic mass is 16.2. The van der Waals surface area contributed by atoms with E-state index in [1.807, 2.05) is 45.0 Å². The van der Waals surface area contributed by atoms with Crippen molar-refractivity contribution in [1.82, 2.24) is 15.6 Å². The molecule has 5 nitrogen and oxygen atoms in total. The predicted molar refractivity (Wildman–Crippen MR) is 84.4 cm³/mol. The van der Waals surface area contributed by atoms with Gasteiger partial charge >= 0.3 is 6.03 Å². The Morgan fingerprint density at radius 3 is 2.71 bits per heavy atom. The Morgan fingerprint density at radius 2 is 2.00 bits per heavy atom. The molecule has 1 aromatic heterocycles. The number of aromatic nitrogens is 1. The van der Waals surface area contributed by atoms with E-state index in [0.717, 1.165) is 16.5 Å². The molecule has 0 atom stereocenters. The smallest absolute Gasteiger partial charge is 0.315 e. The van der Waals surface area contributed by atoms with E-state index in [9.17, 15) is 9.59 Å². The Kier molecular flexibility index (Phi) is 4.62. The van der Waals surface area contributed by atoms with Crippen LogP contribution in [0.2, 0.25) is 0 Å². The summed E-state index contributed by atoms with van der Waals surface area (Å²) in [5.41, 5.74) is 2.31. The molecular formula is C16H21N3O2. The second-order valence-electron chi connectivity index (χ2n) is 5.67. The molecule has 1 aromatic carbocycles. The average Bonchev–Trinajstić information content (AvgIpc) is 2.43. The van der Waals surface area contributed by atoms with Gasteiger partial charge in [-0.05, 0) is 36.4 Å². The Hall–Kier alpha value is -2.30. The Labute approximate surface area is 123 Å². The first-order valence-corrected chi connectivity index (χ1v) is 7.10. The zero-order valence-electron chi connectivity index (χ0n) is 12.6. The van der Waals surface area contributed by atoms with Crippen LogP contribution in [0.15, 0.2) is 29.1 Å². The van der Waals surface area contributed by atoms with Gasteiger partial charge in [0, 0.05) is 24.2 Å². The van der Waals surface area contributed by atoms with Crippen LogP contribution in [0.4, 0.5) is 4.79 Å². The topological polar surface area (TPSA) is 74.0 Å². The number of hydrogen-bond donors (Lipinski definition) is 3. The van der Waals surface area contributed by atoms with Gasteiger partial charge in [-0.3, -0.25) is 4.79 Å². The molecule has 2 aromatic rings. The molecule has 0 unspecified atom stereocenters. The summed E-state index contributed by atoms with van der Waals surface area (Å²) in [4.78, 5) is 26.4. The third-order valence-electron chi connectivity index (χ3n) is 3.19. The number of pyridine rings is 1. The summed E-state index contributed by atoms with van der Waals surface area (Å²) in [5.74, 6) is 0.391. The van der Waals surface area contributed by atoms with Gasteiger partial charge in [-0.15, -0.1) is 0 Å². The highest BCUT2D eigenvalue weighted by Gasteiger charge is 2.06. The van der Waals surface area contributed by atoms with Crippen molar-refractivity contribution in [3.8, 4) is 0 Å². The van der Waals surface area contributed by atoms with Crippen LogP contribution < -0.4 is 16.2 Å². The van der Waals surface area contributed by atoms with Gasteiger partial charge in [-0.2, -0.15) is 0 Å². The van der Waals surface area contributed by atoms with E-state index < -0.39 is 0 Å². The number of hydrogen-bond acceptors (Lipinski definition) is 2. The lowest BCUT2D eigenvalue weighted by Gasteiger charge is -2.09. The molecule has 0 aliphatic carbocycles. The van der Waals surface area contributed by atoms with Crippen LogP contribution in [0.3, 0.4) is 0 Å². The third-order valence-corrected chi connectivity index (χ3v) is 3.19. The first kappa shape index (κ1) is 15.1. The van der Waals surface area contributed by atoms with Gasteiger partial charge in [0.2, 0.25) is 0 Å². The van der Waals surface area contributed by atoms with Crippen molar-refractivity contribution < 1.29 is 4.79 Å². The van der Waals surface area contributed by atoms with Crippen LogP contribution in [-0.2, 0) is 6.54 Å². The van der Waals surface area contributed by atoms with Crippen molar-refractivity contribution in [3.05, 3.63) is 45.7 Å². The summed E-state index contributed by atoms with van der Waals surface area (Å²) in [7, 11) is 0. The number of fused-ring (bicyclic) bond motifs is 1. The van der Waals surface area contributed by atoms with Crippen molar-refractivity contribution in [1.29, 1.82) is 0 Å². The molecule has 3 N–H and O–H groups in total. The molecule has 0 radical (unpaired) electrons. The maximum atomic E-state index is 12.0. The molecule has 2 amide bonds. The molecular weight excluding hydrogens is 266 g/mol. The minimum atomic E-state index is -0.257. The lowest BCUT2D eigenvalue weighted by atomic mass is 10.1. The molecule has 0 aliphatic rings. The number of rotatable bonds is 4. The summed E-state index contributed by atoms with van der Waals surface area (Å²) in [6, 6.07) is 7.42. The molecule has 21 heavy (non-hydrogen) atoms. The highest BCUT2D eigenvalue weighted by molar-refractivity contribution is 5.80. The van der Waals surface area contributed by atoms with E-state index in [4.69, 9.17) is 0 Å². The van der Waals surface area contributed by atoms with Gasteiger partial charge in [0.15, 0.2) is 0 Å². The summed E-state index contributed by atoms with van der Waals surface area (Å²) in [5, 5.41) is 6.43. The highest BCUT2D eigenvalue weighted by Crippen LogP contribution is 2.13. The fraction of sp³-hybridized carbons (Fsp3) is 0.375. The normalized spacial score (nSPS) is 10.9. The average molecular weight is 287 g/mol. The van der Waals surface area contributed by atoms with Crippen LogP contribution >= 0.6 is 0 Å².